The molecule has 0 aliphatic carbocycles. The molecule has 1 aromatic heterocycles. The summed E-state index contributed by atoms with van der Waals surface area (Å²) in [5.41, 5.74) is 5.94. The number of nitrogens with zero attached hydrogens (tertiary/aromatic N) is 3. The monoisotopic (exact) mass is 508 g/mol. The van der Waals surface area contributed by atoms with Gasteiger partial charge < -0.3 is 19.7 Å². The van der Waals surface area contributed by atoms with Crippen LogP contribution in [-0.4, -0.2) is 58.9 Å². The van der Waals surface area contributed by atoms with Crippen LogP contribution in [0, 0.1) is 6.92 Å². The van der Waals surface area contributed by atoms with E-state index in [4.69, 9.17) is 0 Å². The minimum absolute atomic E-state index is 0.0162. The van der Waals surface area contributed by atoms with Gasteiger partial charge in [0.2, 0.25) is 5.91 Å². The Kier molecular flexibility index (Phi) is 7.89. The molecule has 5 rings (SSSR count). The number of carbonyl (C=O) groups is 2. The van der Waals surface area contributed by atoms with E-state index >= 15 is 0 Å². The van der Waals surface area contributed by atoms with Crippen molar-refractivity contribution >= 4 is 28.4 Å². The van der Waals surface area contributed by atoms with E-state index in [1.807, 2.05) is 59.5 Å². The smallest absolute Gasteiger partial charge is 0.270 e. The fraction of sp³-hybridized carbons (Fsp3) is 0.312. The molecule has 1 aliphatic heterocycles. The molecule has 2 amide bonds. The first-order chi connectivity index (χ1) is 18.5. The van der Waals surface area contributed by atoms with Crippen molar-refractivity contribution < 1.29 is 9.59 Å². The van der Waals surface area contributed by atoms with Gasteiger partial charge in [-0.05, 0) is 55.3 Å². The fourth-order valence-electron chi connectivity index (χ4n) is 5.24. The number of hydrogen-bond donors (Lipinski definition) is 1. The molecule has 2 heterocycles. The molecule has 0 spiro atoms. The highest BCUT2D eigenvalue weighted by molar-refractivity contribution is 6.00. The minimum atomic E-state index is -0.0162. The average Bonchev–Trinajstić information content (AvgIpc) is 3.29. The lowest BCUT2D eigenvalue weighted by Crippen LogP contribution is -2.48. The van der Waals surface area contributed by atoms with Crippen LogP contribution in [0.5, 0.6) is 0 Å². The van der Waals surface area contributed by atoms with Gasteiger partial charge in [0, 0.05) is 55.7 Å². The maximum absolute atomic E-state index is 13.7. The van der Waals surface area contributed by atoms with Crippen LogP contribution in [0.2, 0.25) is 0 Å². The summed E-state index contributed by atoms with van der Waals surface area (Å²) in [6.45, 7) is 9.15. The Morgan fingerprint density at radius 2 is 1.61 bits per heavy atom. The number of carbonyl (C=O) groups excluding carboxylic acids is 2. The van der Waals surface area contributed by atoms with Crippen LogP contribution in [0.4, 0.5) is 5.69 Å². The highest BCUT2D eigenvalue weighted by atomic mass is 16.2. The van der Waals surface area contributed by atoms with Gasteiger partial charge in [0.25, 0.3) is 5.91 Å². The van der Waals surface area contributed by atoms with Crippen molar-refractivity contribution in [1.29, 1.82) is 0 Å². The van der Waals surface area contributed by atoms with Crippen LogP contribution in [-0.2, 0) is 17.8 Å². The third kappa shape index (κ3) is 5.97. The van der Waals surface area contributed by atoms with Crippen LogP contribution in [0.25, 0.3) is 10.9 Å². The van der Waals surface area contributed by atoms with Gasteiger partial charge >= 0.3 is 0 Å². The van der Waals surface area contributed by atoms with Gasteiger partial charge in [0.05, 0.1) is 0 Å². The highest BCUT2D eigenvalue weighted by Crippen LogP contribution is 2.26. The second-order valence-corrected chi connectivity index (χ2v) is 10.1. The third-order valence-corrected chi connectivity index (χ3v) is 7.42. The maximum atomic E-state index is 13.7. The highest BCUT2D eigenvalue weighted by Gasteiger charge is 2.25. The van der Waals surface area contributed by atoms with E-state index in [1.165, 1.54) is 5.56 Å². The largest absolute Gasteiger partial charge is 0.335 e. The summed E-state index contributed by atoms with van der Waals surface area (Å²) >= 11 is 0. The molecule has 1 aliphatic rings. The van der Waals surface area contributed by atoms with Crippen molar-refractivity contribution in [3.05, 3.63) is 101 Å². The molecule has 1 N–H and O–H groups in total. The molecule has 1 fully saturated rings. The van der Waals surface area contributed by atoms with Crippen molar-refractivity contribution in [2.75, 3.05) is 38.0 Å². The molecule has 0 bridgehead atoms. The Bertz CT molecular complexity index is 1420. The van der Waals surface area contributed by atoms with Crippen LogP contribution < -0.4 is 5.32 Å². The number of hydrogen-bond acceptors (Lipinski definition) is 3. The predicted octanol–water partition coefficient (Wildman–Crippen LogP) is 5.35. The molecule has 0 radical (unpaired) electrons. The van der Waals surface area contributed by atoms with Gasteiger partial charge in [-0.3, -0.25) is 9.59 Å². The normalized spacial score (nSPS) is 14.1. The van der Waals surface area contributed by atoms with E-state index < -0.39 is 0 Å². The number of nitrogens with one attached hydrogen (secondary N) is 1. The zero-order chi connectivity index (χ0) is 26.5. The molecule has 6 heteroatoms. The van der Waals surface area contributed by atoms with Gasteiger partial charge in [-0.2, -0.15) is 0 Å². The van der Waals surface area contributed by atoms with Crippen LogP contribution in [0.1, 0.15) is 40.5 Å². The fourth-order valence-corrected chi connectivity index (χ4v) is 5.24. The lowest BCUT2D eigenvalue weighted by molar-refractivity contribution is -0.116. The molecule has 3 aromatic carbocycles. The van der Waals surface area contributed by atoms with E-state index in [0.717, 1.165) is 60.4 Å². The van der Waals surface area contributed by atoms with Gasteiger partial charge in [0.1, 0.15) is 5.69 Å². The summed E-state index contributed by atoms with van der Waals surface area (Å²) in [5.74, 6) is 0.0514. The first kappa shape index (κ1) is 25.7. The zero-order valence-electron chi connectivity index (χ0n) is 22.3. The Morgan fingerprint density at radius 1 is 0.842 bits per heavy atom. The zero-order valence-corrected chi connectivity index (χ0v) is 22.3. The standard InChI is InChI=1S/C32H36N4O2/c1-3-34-16-18-35(19-17-34)32(38)30-22-27-21-28(33-31(37)15-12-25-9-5-4-6-10-25)13-14-29(27)36(30)23-26-11-7-8-24(2)20-26/h4-11,13-14,20-22H,3,12,15-19,23H2,1-2H3,(H,33,37). The second kappa shape index (κ2) is 11.7. The maximum Gasteiger partial charge on any atom is 0.270 e. The third-order valence-electron chi connectivity index (χ3n) is 7.42. The van der Waals surface area contributed by atoms with E-state index in [9.17, 15) is 9.59 Å². The number of benzene rings is 3. The van der Waals surface area contributed by atoms with Gasteiger partial charge in [-0.15, -0.1) is 0 Å². The van der Waals surface area contributed by atoms with E-state index in [0.29, 0.717) is 25.1 Å². The number of aromatic nitrogens is 1. The van der Waals surface area contributed by atoms with Crippen LogP contribution in [0.15, 0.2) is 78.9 Å². The molecular formula is C32H36N4O2. The lowest BCUT2D eigenvalue weighted by Gasteiger charge is -2.34. The van der Waals surface area contributed by atoms with Crippen molar-refractivity contribution in [2.45, 2.75) is 33.2 Å². The molecule has 1 saturated heterocycles. The first-order valence-electron chi connectivity index (χ1n) is 13.5. The van der Waals surface area contributed by atoms with Crippen molar-refractivity contribution in [3.63, 3.8) is 0 Å². The summed E-state index contributed by atoms with van der Waals surface area (Å²) in [5, 5.41) is 4.00. The van der Waals surface area contributed by atoms with E-state index in [1.54, 1.807) is 0 Å². The average molecular weight is 509 g/mol. The number of piperazine rings is 1. The molecule has 0 saturated carbocycles. The number of anilines is 1. The molecule has 0 unspecified atom stereocenters. The summed E-state index contributed by atoms with van der Waals surface area (Å²) in [6.07, 6.45) is 1.12. The summed E-state index contributed by atoms with van der Waals surface area (Å²) in [6, 6.07) is 26.4. The first-order valence-corrected chi connectivity index (χ1v) is 13.5. The molecule has 38 heavy (non-hydrogen) atoms. The number of aryl methyl sites for hydroxylation is 2. The quantitative estimate of drug-likeness (QED) is 0.349. The summed E-state index contributed by atoms with van der Waals surface area (Å²) in [4.78, 5) is 30.7. The van der Waals surface area contributed by atoms with Crippen molar-refractivity contribution in [1.82, 2.24) is 14.4 Å². The topological polar surface area (TPSA) is 57.6 Å². The predicted molar refractivity (Wildman–Crippen MR) is 154 cm³/mol. The Morgan fingerprint density at radius 3 is 2.34 bits per heavy atom. The van der Waals surface area contributed by atoms with Crippen LogP contribution >= 0.6 is 0 Å². The van der Waals surface area contributed by atoms with Crippen LogP contribution in [0.3, 0.4) is 0 Å². The number of amides is 2. The SMILES string of the molecule is CCN1CCN(C(=O)c2cc3cc(NC(=O)CCc4ccccc4)ccc3n2Cc2cccc(C)c2)CC1. The number of rotatable bonds is 8. The summed E-state index contributed by atoms with van der Waals surface area (Å²) < 4.78 is 2.12. The van der Waals surface area contributed by atoms with Crippen molar-refractivity contribution in [3.8, 4) is 0 Å². The second-order valence-electron chi connectivity index (χ2n) is 10.1. The Balaban J connectivity index is 1.40. The van der Waals surface area contributed by atoms with Gasteiger partial charge in [-0.25, -0.2) is 0 Å². The molecule has 6 nitrogen and oxygen atoms in total. The summed E-state index contributed by atoms with van der Waals surface area (Å²) in [7, 11) is 0. The van der Waals surface area contributed by atoms with E-state index in [2.05, 4.69) is 52.9 Å². The van der Waals surface area contributed by atoms with Crippen molar-refractivity contribution in [2.24, 2.45) is 0 Å². The molecule has 0 atom stereocenters. The number of likely N-dealkylation sites (N-methyl/N-ethyl adjacent to an activating group) is 1. The Hall–Kier alpha value is -3.90. The van der Waals surface area contributed by atoms with Gasteiger partial charge in [0.15, 0.2) is 0 Å². The molecular weight excluding hydrogens is 472 g/mol. The van der Waals surface area contributed by atoms with E-state index in [-0.39, 0.29) is 11.8 Å². The number of fused-ring (bicyclic) bond motifs is 1. The minimum Gasteiger partial charge on any atom is -0.335 e. The lowest BCUT2D eigenvalue weighted by atomic mass is 10.1. The molecule has 4 aromatic rings. The Labute approximate surface area is 224 Å². The van der Waals surface area contributed by atoms with Gasteiger partial charge in [-0.1, -0.05) is 67.1 Å². The molecule has 196 valence electrons.